The molecular formula is C21H22F2N6O2. The summed E-state index contributed by atoms with van der Waals surface area (Å²) in [6, 6.07) is 11.0. The number of carbonyl (C=O) groups is 1. The van der Waals surface area contributed by atoms with Gasteiger partial charge in [-0.2, -0.15) is 4.68 Å². The number of piperazine rings is 1. The summed E-state index contributed by atoms with van der Waals surface area (Å²) >= 11 is 0. The Hall–Kier alpha value is -3.40. The summed E-state index contributed by atoms with van der Waals surface area (Å²) in [6.07, 6.45) is 0.346. The molecule has 0 bridgehead atoms. The van der Waals surface area contributed by atoms with Gasteiger partial charge in [-0.3, -0.25) is 9.69 Å². The van der Waals surface area contributed by atoms with E-state index in [1.165, 1.54) is 10.7 Å². The minimum atomic E-state index is -0.956. The van der Waals surface area contributed by atoms with E-state index in [0.717, 1.165) is 23.4 Å². The third kappa shape index (κ3) is 4.85. The fourth-order valence-corrected chi connectivity index (χ4v) is 3.51. The maximum atomic E-state index is 13.6. The van der Waals surface area contributed by atoms with E-state index in [2.05, 4.69) is 20.4 Å². The first-order valence-electron chi connectivity index (χ1n) is 9.89. The van der Waals surface area contributed by atoms with E-state index in [-0.39, 0.29) is 5.91 Å². The zero-order valence-electron chi connectivity index (χ0n) is 17.0. The maximum absolute atomic E-state index is 13.6. The second-order valence-electron chi connectivity index (χ2n) is 7.29. The average molecular weight is 428 g/mol. The number of carbonyl (C=O) groups excluding carboxylic acids is 1. The monoisotopic (exact) mass is 428 g/mol. The molecule has 31 heavy (non-hydrogen) atoms. The zero-order valence-corrected chi connectivity index (χ0v) is 17.0. The van der Waals surface area contributed by atoms with Crippen molar-refractivity contribution in [2.24, 2.45) is 0 Å². The van der Waals surface area contributed by atoms with E-state index < -0.39 is 11.6 Å². The van der Waals surface area contributed by atoms with E-state index in [0.29, 0.717) is 50.7 Å². The van der Waals surface area contributed by atoms with Crippen LogP contribution in [0.5, 0.6) is 5.75 Å². The number of benzene rings is 2. The molecule has 2 heterocycles. The zero-order chi connectivity index (χ0) is 21.8. The van der Waals surface area contributed by atoms with Crippen molar-refractivity contribution in [3.8, 4) is 11.4 Å². The van der Waals surface area contributed by atoms with Gasteiger partial charge in [0.25, 0.3) is 0 Å². The average Bonchev–Trinajstić information content (AvgIpc) is 3.24. The Morgan fingerprint density at radius 2 is 1.77 bits per heavy atom. The van der Waals surface area contributed by atoms with Crippen molar-refractivity contribution in [3.05, 3.63) is 65.5 Å². The van der Waals surface area contributed by atoms with Crippen molar-refractivity contribution >= 4 is 5.91 Å². The van der Waals surface area contributed by atoms with Gasteiger partial charge in [-0.25, -0.2) is 8.78 Å². The van der Waals surface area contributed by atoms with Gasteiger partial charge >= 0.3 is 0 Å². The van der Waals surface area contributed by atoms with Crippen LogP contribution in [-0.4, -0.2) is 69.2 Å². The van der Waals surface area contributed by atoms with Crippen LogP contribution in [0.15, 0.2) is 42.5 Å². The van der Waals surface area contributed by atoms with Gasteiger partial charge in [0, 0.05) is 32.2 Å². The third-order valence-corrected chi connectivity index (χ3v) is 5.29. The van der Waals surface area contributed by atoms with Crippen LogP contribution in [0.4, 0.5) is 8.78 Å². The molecule has 162 valence electrons. The van der Waals surface area contributed by atoms with Crippen molar-refractivity contribution in [2.75, 3.05) is 33.3 Å². The topological polar surface area (TPSA) is 76.4 Å². The number of rotatable bonds is 6. The van der Waals surface area contributed by atoms with E-state index in [1.54, 1.807) is 7.11 Å². The Balaban J connectivity index is 1.33. The molecule has 3 aromatic rings. The molecule has 10 heteroatoms. The van der Waals surface area contributed by atoms with Crippen molar-refractivity contribution in [1.29, 1.82) is 0 Å². The molecule has 0 N–H and O–H groups in total. The van der Waals surface area contributed by atoms with Crippen molar-refractivity contribution < 1.29 is 18.3 Å². The van der Waals surface area contributed by atoms with Gasteiger partial charge in [0.05, 0.1) is 25.8 Å². The van der Waals surface area contributed by atoms with E-state index in [4.69, 9.17) is 4.74 Å². The Kier molecular flexibility index (Phi) is 6.17. The predicted octanol–water partition coefficient (Wildman–Crippen LogP) is 1.84. The minimum Gasteiger partial charge on any atom is -0.497 e. The van der Waals surface area contributed by atoms with E-state index in [1.807, 2.05) is 29.2 Å². The molecule has 1 aliphatic heterocycles. The highest BCUT2D eigenvalue weighted by molar-refractivity contribution is 5.79. The standard InChI is InChI=1S/C21H22F2N6O2/c1-31-17-5-2-15(3-6-17)12-21(30)28-10-8-27(9-11-28)14-20-24-25-26-29(20)16-4-7-18(22)19(23)13-16/h2-7,13H,8-12,14H2,1H3. The van der Waals surface area contributed by atoms with Crippen molar-refractivity contribution in [1.82, 2.24) is 30.0 Å². The number of halogens is 2. The maximum Gasteiger partial charge on any atom is 0.227 e. The highest BCUT2D eigenvalue weighted by atomic mass is 19.2. The normalized spacial score (nSPS) is 14.6. The number of methoxy groups -OCH3 is 1. The minimum absolute atomic E-state index is 0.0800. The number of hydrogen-bond acceptors (Lipinski definition) is 6. The van der Waals surface area contributed by atoms with Crippen molar-refractivity contribution in [2.45, 2.75) is 13.0 Å². The first-order valence-corrected chi connectivity index (χ1v) is 9.89. The fraction of sp³-hybridized carbons (Fsp3) is 0.333. The Bertz CT molecular complexity index is 1050. The molecule has 0 unspecified atom stereocenters. The summed E-state index contributed by atoms with van der Waals surface area (Å²) in [5.74, 6) is -0.521. The summed E-state index contributed by atoms with van der Waals surface area (Å²) in [5, 5.41) is 11.6. The summed E-state index contributed by atoms with van der Waals surface area (Å²) in [4.78, 5) is 16.6. The quantitative estimate of drug-likeness (QED) is 0.596. The lowest BCUT2D eigenvalue weighted by molar-refractivity contribution is -0.132. The van der Waals surface area contributed by atoms with Crippen LogP contribution in [0.1, 0.15) is 11.4 Å². The summed E-state index contributed by atoms with van der Waals surface area (Å²) in [5.41, 5.74) is 1.30. The highest BCUT2D eigenvalue weighted by Crippen LogP contribution is 2.16. The number of hydrogen-bond donors (Lipinski definition) is 0. The smallest absolute Gasteiger partial charge is 0.227 e. The molecule has 1 saturated heterocycles. The summed E-state index contributed by atoms with van der Waals surface area (Å²) in [6.45, 7) is 2.97. The van der Waals surface area contributed by atoms with Gasteiger partial charge < -0.3 is 9.64 Å². The molecule has 0 spiro atoms. The van der Waals surface area contributed by atoms with Gasteiger partial charge in [-0.1, -0.05) is 12.1 Å². The molecule has 1 fully saturated rings. The molecule has 0 aliphatic carbocycles. The Morgan fingerprint density at radius 3 is 2.45 bits per heavy atom. The SMILES string of the molecule is COc1ccc(CC(=O)N2CCN(Cc3nnnn3-c3ccc(F)c(F)c3)CC2)cc1. The largest absolute Gasteiger partial charge is 0.497 e. The van der Waals surface area contributed by atoms with Crippen LogP contribution < -0.4 is 4.74 Å². The molecule has 0 radical (unpaired) electrons. The summed E-state index contributed by atoms with van der Waals surface area (Å²) < 4.78 is 33.3. The third-order valence-electron chi connectivity index (χ3n) is 5.29. The highest BCUT2D eigenvalue weighted by Gasteiger charge is 2.23. The van der Waals surface area contributed by atoms with Crippen LogP contribution in [-0.2, 0) is 17.8 Å². The van der Waals surface area contributed by atoms with Crippen LogP contribution in [0.2, 0.25) is 0 Å². The number of amides is 1. The van der Waals surface area contributed by atoms with Gasteiger partial charge in [0.2, 0.25) is 5.91 Å². The molecular weight excluding hydrogens is 406 g/mol. The van der Waals surface area contributed by atoms with Crippen LogP contribution >= 0.6 is 0 Å². The van der Waals surface area contributed by atoms with E-state index in [9.17, 15) is 13.6 Å². The van der Waals surface area contributed by atoms with Crippen LogP contribution in [0.25, 0.3) is 5.69 Å². The fourth-order valence-electron chi connectivity index (χ4n) is 3.51. The molecule has 1 aromatic heterocycles. The first-order chi connectivity index (χ1) is 15.0. The second kappa shape index (κ2) is 9.17. The second-order valence-corrected chi connectivity index (χ2v) is 7.29. The lowest BCUT2D eigenvalue weighted by Gasteiger charge is -2.34. The summed E-state index contributed by atoms with van der Waals surface area (Å²) in [7, 11) is 1.61. The molecule has 0 saturated carbocycles. The molecule has 0 atom stereocenters. The Labute approximate surface area is 178 Å². The Morgan fingerprint density at radius 1 is 1.03 bits per heavy atom. The number of nitrogens with zero attached hydrogens (tertiary/aromatic N) is 6. The van der Waals surface area contributed by atoms with E-state index >= 15 is 0 Å². The predicted molar refractivity (Wildman–Crippen MR) is 108 cm³/mol. The number of tetrazole rings is 1. The first kappa shape index (κ1) is 20.9. The molecule has 8 nitrogen and oxygen atoms in total. The van der Waals surface area contributed by atoms with Gasteiger partial charge in [-0.05, 0) is 40.3 Å². The van der Waals surface area contributed by atoms with Crippen molar-refractivity contribution in [3.63, 3.8) is 0 Å². The van der Waals surface area contributed by atoms with Gasteiger partial charge in [0.15, 0.2) is 17.5 Å². The lowest BCUT2D eigenvalue weighted by Crippen LogP contribution is -2.48. The number of aromatic nitrogens is 4. The lowest BCUT2D eigenvalue weighted by atomic mass is 10.1. The van der Waals surface area contributed by atoms with Gasteiger partial charge in [0.1, 0.15) is 5.75 Å². The molecule has 2 aromatic carbocycles. The number of ether oxygens (including phenoxy) is 1. The van der Waals surface area contributed by atoms with Gasteiger partial charge in [-0.15, -0.1) is 5.10 Å². The van der Waals surface area contributed by atoms with Crippen LogP contribution in [0, 0.1) is 11.6 Å². The molecule has 4 rings (SSSR count). The molecule has 1 amide bonds. The van der Waals surface area contributed by atoms with Crippen LogP contribution in [0.3, 0.4) is 0 Å². The molecule has 1 aliphatic rings.